The summed E-state index contributed by atoms with van der Waals surface area (Å²) in [5, 5.41) is 2.98. The number of ether oxygens (including phenoxy) is 1. The van der Waals surface area contributed by atoms with Gasteiger partial charge in [-0.3, -0.25) is 4.79 Å². The van der Waals surface area contributed by atoms with Gasteiger partial charge in [0.05, 0.1) is 0 Å². The van der Waals surface area contributed by atoms with Gasteiger partial charge in [-0.15, -0.1) is 0 Å². The van der Waals surface area contributed by atoms with Gasteiger partial charge in [-0.2, -0.15) is 0 Å². The molecular formula is C11H17N3O2. The first-order valence-corrected chi connectivity index (χ1v) is 5.13. The summed E-state index contributed by atoms with van der Waals surface area (Å²) >= 11 is 0. The van der Waals surface area contributed by atoms with E-state index in [1.54, 1.807) is 19.2 Å². The van der Waals surface area contributed by atoms with Crippen LogP contribution >= 0.6 is 0 Å². The highest BCUT2D eigenvalue weighted by molar-refractivity contribution is 5.96. The quantitative estimate of drug-likeness (QED) is 0.761. The van der Waals surface area contributed by atoms with Crippen molar-refractivity contribution in [2.45, 2.75) is 20.0 Å². The maximum absolute atomic E-state index is 11.3. The van der Waals surface area contributed by atoms with E-state index in [-0.39, 0.29) is 6.10 Å². The molecule has 0 fully saturated rings. The Morgan fingerprint density at radius 2 is 2.38 bits per heavy atom. The third-order valence-electron chi connectivity index (χ3n) is 2.18. The van der Waals surface area contributed by atoms with Crippen molar-refractivity contribution in [1.29, 1.82) is 0 Å². The zero-order chi connectivity index (χ0) is 12.1. The molecule has 16 heavy (non-hydrogen) atoms. The van der Waals surface area contributed by atoms with Crippen LogP contribution in [-0.2, 0) is 0 Å². The van der Waals surface area contributed by atoms with Crippen LogP contribution in [0.15, 0.2) is 12.3 Å². The average Bonchev–Trinajstić information content (AvgIpc) is 2.17. The summed E-state index contributed by atoms with van der Waals surface area (Å²) < 4.78 is 5.55. The number of aryl methyl sites for hydroxylation is 1. The maximum Gasteiger partial charge on any atom is 0.254 e. The van der Waals surface area contributed by atoms with Crippen LogP contribution < -0.4 is 15.8 Å². The summed E-state index contributed by atoms with van der Waals surface area (Å²) in [6.45, 7) is 4.37. The Bertz CT molecular complexity index is 379. The van der Waals surface area contributed by atoms with Crippen LogP contribution in [0.3, 0.4) is 0 Å². The number of likely N-dealkylation sites (N-methyl/N-ethyl adjacent to an activating group) is 1. The minimum atomic E-state index is -0.516. The van der Waals surface area contributed by atoms with Crippen LogP contribution in [0.4, 0.5) is 0 Å². The summed E-state index contributed by atoms with van der Waals surface area (Å²) in [5.74, 6) is -0.215. The average molecular weight is 223 g/mol. The SMILES string of the molecule is CNCC(C)Oc1nccc(C)c1C(N)=O. The number of nitrogens with one attached hydrogen (secondary N) is 1. The first kappa shape index (κ1) is 12.4. The molecule has 1 aromatic rings. The summed E-state index contributed by atoms with van der Waals surface area (Å²) in [4.78, 5) is 15.3. The number of hydrogen-bond acceptors (Lipinski definition) is 4. The van der Waals surface area contributed by atoms with Crippen LogP contribution in [0.2, 0.25) is 0 Å². The van der Waals surface area contributed by atoms with Crippen molar-refractivity contribution < 1.29 is 9.53 Å². The van der Waals surface area contributed by atoms with Gasteiger partial charge in [0.25, 0.3) is 5.91 Å². The lowest BCUT2D eigenvalue weighted by molar-refractivity contribution is 0.0991. The van der Waals surface area contributed by atoms with E-state index in [4.69, 9.17) is 10.5 Å². The number of pyridine rings is 1. The number of nitrogens with zero attached hydrogens (tertiary/aromatic N) is 1. The minimum absolute atomic E-state index is 0.0719. The standard InChI is InChI=1S/C11H17N3O2/c1-7-4-5-14-11(9(7)10(12)15)16-8(2)6-13-3/h4-5,8,13H,6H2,1-3H3,(H2,12,15). The number of carbonyl (C=O) groups is 1. The van der Waals surface area contributed by atoms with E-state index in [1.807, 2.05) is 14.0 Å². The number of primary amides is 1. The minimum Gasteiger partial charge on any atom is -0.473 e. The number of hydrogen-bond donors (Lipinski definition) is 2. The molecule has 1 aromatic heterocycles. The van der Waals surface area contributed by atoms with E-state index in [0.29, 0.717) is 18.0 Å². The summed E-state index contributed by atoms with van der Waals surface area (Å²) in [6.07, 6.45) is 1.53. The summed E-state index contributed by atoms with van der Waals surface area (Å²) in [6, 6.07) is 1.73. The molecule has 0 bridgehead atoms. The Kier molecular flexibility index (Phi) is 4.25. The van der Waals surface area contributed by atoms with Gasteiger partial charge >= 0.3 is 0 Å². The molecule has 3 N–H and O–H groups in total. The van der Waals surface area contributed by atoms with Gasteiger partial charge in [0.1, 0.15) is 11.7 Å². The predicted molar refractivity (Wildman–Crippen MR) is 61.5 cm³/mol. The maximum atomic E-state index is 11.3. The molecular weight excluding hydrogens is 206 g/mol. The zero-order valence-electron chi connectivity index (χ0n) is 9.78. The van der Waals surface area contributed by atoms with Crippen LogP contribution in [0, 0.1) is 6.92 Å². The number of amides is 1. The van der Waals surface area contributed by atoms with E-state index in [0.717, 1.165) is 5.56 Å². The second-order valence-corrected chi connectivity index (χ2v) is 3.66. The second kappa shape index (κ2) is 5.46. The number of nitrogens with two attached hydrogens (primary N) is 1. The Morgan fingerprint density at radius 1 is 1.69 bits per heavy atom. The molecule has 1 unspecified atom stereocenters. The molecule has 0 aliphatic carbocycles. The van der Waals surface area contributed by atoms with Gasteiger partial charge < -0.3 is 15.8 Å². The van der Waals surface area contributed by atoms with Crippen LogP contribution in [0.25, 0.3) is 0 Å². The van der Waals surface area contributed by atoms with Crippen LogP contribution in [0.5, 0.6) is 5.88 Å². The zero-order valence-corrected chi connectivity index (χ0v) is 9.78. The molecule has 88 valence electrons. The Morgan fingerprint density at radius 3 is 2.94 bits per heavy atom. The Hall–Kier alpha value is -1.62. The molecule has 1 atom stereocenters. The van der Waals surface area contributed by atoms with E-state index < -0.39 is 5.91 Å². The van der Waals surface area contributed by atoms with Crippen LogP contribution in [-0.4, -0.2) is 30.6 Å². The molecule has 1 amide bonds. The van der Waals surface area contributed by atoms with E-state index >= 15 is 0 Å². The van der Waals surface area contributed by atoms with Gasteiger partial charge in [-0.1, -0.05) is 0 Å². The van der Waals surface area contributed by atoms with E-state index in [2.05, 4.69) is 10.3 Å². The highest BCUT2D eigenvalue weighted by Crippen LogP contribution is 2.19. The van der Waals surface area contributed by atoms with Crippen molar-refractivity contribution in [2.75, 3.05) is 13.6 Å². The molecule has 0 saturated carbocycles. The van der Waals surface area contributed by atoms with Gasteiger partial charge in [-0.25, -0.2) is 4.98 Å². The van der Waals surface area contributed by atoms with Gasteiger partial charge in [0, 0.05) is 12.7 Å². The molecule has 0 spiro atoms. The molecule has 5 nitrogen and oxygen atoms in total. The van der Waals surface area contributed by atoms with Crippen molar-refractivity contribution >= 4 is 5.91 Å². The highest BCUT2D eigenvalue weighted by atomic mass is 16.5. The summed E-state index contributed by atoms with van der Waals surface area (Å²) in [5.41, 5.74) is 6.42. The molecule has 0 saturated heterocycles. The molecule has 0 aliphatic heterocycles. The second-order valence-electron chi connectivity index (χ2n) is 3.66. The third-order valence-corrected chi connectivity index (χ3v) is 2.18. The van der Waals surface area contributed by atoms with Gasteiger partial charge in [0.2, 0.25) is 5.88 Å². The fraction of sp³-hybridized carbons (Fsp3) is 0.455. The van der Waals surface area contributed by atoms with Crippen molar-refractivity contribution in [3.63, 3.8) is 0 Å². The lowest BCUT2D eigenvalue weighted by Crippen LogP contribution is -2.27. The highest BCUT2D eigenvalue weighted by Gasteiger charge is 2.15. The monoisotopic (exact) mass is 223 g/mol. The molecule has 5 heteroatoms. The lowest BCUT2D eigenvalue weighted by Gasteiger charge is -2.15. The Labute approximate surface area is 95.0 Å². The smallest absolute Gasteiger partial charge is 0.254 e. The molecule has 0 aliphatic rings. The first-order chi connectivity index (χ1) is 7.56. The fourth-order valence-electron chi connectivity index (χ4n) is 1.44. The Balaban J connectivity index is 2.95. The molecule has 0 aromatic carbocycles. The van der Waals surface area contributed by atoms with Crippen molar-refractivity contribution in [3.05, 3.63) is 23.4 Å². The predicted octanol–water partition coefficient (Wildman–Crippen LogP) is 0.476. The number of carbonyl (C=O) groups excluding carboxylic acids is 1. The van der Waals surface area contributed by atoms with E-state index in [1.165, 1.54) is 0 Å². The van der Waals surface area contributed by atoms with Gasteiger partial charge in [-0.05, 0) is 32.5 Å². The third kappa shape index (κ3) is 2.93. The largest absolute Gasteiger partial charge is 0.473 e. The normalized spacial score (nSPS) is 12.2. The topological polar surface area (TPSA) is 77.2 Å². The molecule has 0 radical (unpaired) electrons. The number of rotatable bonds is 5. The fourth-order valence-corrected chi connectivity index (χ4v) is 1.44. The van der Waals surface area contributed by atoms with Crippen molar-refractivity contribution in [3.8, 4) is 5.88 Å². The first-order valence-electron chi connectivity index (χ1n) is 5.13. The molecule has 1 heterocycles. The number of aromatic nitrogens is 1. The lowest BCUT2D eigenvalue weighted by atomic mass is 10.1. The van der Waals surface area contributed by atoms with Crippen molar-refractivity contribution in [1.82, 2.24) is 10.3 Å². The van der Waals surface area contributed by atoms with Crippen LogP contribution in [0.1, 0.15) is 22.8 Å². The summed E-state index contributed by atoms with van der Waals surface area (Å²) in [7, 11) is 1.83. The van der Waals surface area contributed by atoms with Crippen molar-refractivity contribution in [2.24, 2.45) is 5.73 Å². The van der Waals surface area contributed by atoms with Gasteiger partial charge in [0.15, 0.2) is 0 Å². The molecule has 1 rings (SSSR count). The van der Waals surface area contributed by atoms with E-state index in [9.17, 15) is 4.79 Å².